The molecule has 2 aromatic carbocycles. The minimum Gasteiger partial charge on any atom is -0.378 e. The van der Waals surface area contributed by atoms with E-state index in [4.69, 9.17) is 15.7 Å². The highest BCUT2D eigenvalue weighted by Crippen LogP contribution is 2.29. The molecule has 1 fully saturated rings. The highest BCUT2D eigenvalue weighted by Gasteiger charge is 2.11. The van der Waals surface area contributed by atoms with Gasteiger partial charge >= 0.3 is 0 Å². The van der Waals surface area contributed by atoms with Crippen LogP contribution < -0.4 is 15.2 Å². The molecular formula is C21H22N8OS. The first-order chi connectivity index (χ1) is 15.2. The molecule has 1 aromatic heterocycles. The van der Waals surface area contributed by atoms with E-state index in [9.17, 15) is 0 Å². The smallest absolute Gasteiger partial charge is 0.228 e. The quantitative estimate of drug-likeness (QED) is 0.156. The number of aromatic nitrogens is 2. The summed E-state index contributed by atoms with van der Waals surface area (Å²) >= 11 is 1.51. The molecule has 0 bridgehead atoms. The number of nitrogens with one attached hydrogen (secondary N) is 3. The van der Waals surface area contributed by atoms with Crippen LogP contribution >= 0.6 is 11.8 Å². The molecule has 0 amide bonds. The van der Waals surface area contributed by atoms with Crippen molar-refractivity contribution in [2.75, 3.05) is 41.5 Å². The summed E-state index contributed by atoms with van der Waals surface area (Å²) in [6.45, 7) is 3.35. The molecule has 2 heterocycles. The van der Waals surface area contributed by atoms with E-state index in [0.29, 0.717) is 11.6 Å². The predicted octanol–water partition coefficient (Wildman–Crippen LogP) is 4.57. The van der Waals surface area contributed by atoms with Gasteiger partial charge in [0, 0.05) is 35.6 Å². The molecule has 0 saturated carbocycles. The lowest BCUT2D eigenvalue weighted by Gasteiger charge is -2.28. The molecular weight excluding hydrogens is 412 g/mol. The molecule has 1 aliphatic heterocycles. The highest BCUT2D eigenvalue weighted by atomic mass is 32.2. The molecule has 0 atom stereocenters. The van der Waals surface area contributed by atoms with E-state index in [1.165, 1.54) is 22.5 Å². The van der Waals surface area contributed by atoms with Crippen molar-refractivity contribution in [1.82, 2.24) is 9.97 Å². The molecule has 9 nitrogen and oxygen atoms in total. The van der Waals surface area contributed by atoms with Gasteiger partial charge in [-0.15, -0.1) is 0 Å². The normalized spacial score (nSPS) is 13.5. The van der Waals surface area contributed by atoms with Crippen molar-refractivity contribution >= 4 is 41.1 Å². The van der Waals surface area contributed by atoms with Crippen LogP contribution in [0.3, 0.4) is 0 Å². The summed E-state index contributed by atoms with van der Waals surface area (Å²) in [4.78, 5) is 12.2. The van der Waals surface area contributed by atoms with Gasteiger partial charge in [-0.05, 0) is 54.6 Å². The van der Waals surface area contributed by atoms with Crippen LogP contribution in [-0.4, -0.2) is 42.6 Å². The number of ether oxygens (including phenoxy) is 1. The van der Waals surface area contributed by atoms with Gasteiger partial charge in [-0.3, -0.25) is 5.41 Å². The van der Waals surface area contributed by atoms with E-state index in [2.05, 4.69) is 37.5 Å². The third kappa shape index (κ3) is 5.36. The fourth-order valence-corrected chi connectivity index (χ4v) is 3.89. The Morgan fingerprint density at radius 3 is 2.48 bits per heavy atom. The third-order valence-corrected chi connectivity index (χ3v) is 5.63. The Hall–Kier alpha value is -3.50. The van der Waals surface area contributed by atoms with Crippen molar-refractivity contribution in [2.45, 2.75) is 9.92 Å². The largest absolute Gasteiger partial charge is 0.378 e. The van der Waals surface area contributed by atoms with Gasteiger partial charge in [-0.1, -0.05) is 17.0 Å². The van der Waals surface area contributed by atoms with Gasteiger partial charge in [0.1, 0.15) is 11.4 Å². The number of hydrogen-bond acceptors (Lipinski definition) is 9. The van der Waals surface area contributed by atoms with Crippen LogP contribution in [0.1, 0.15) is 0 Å². The molecule has 0 unspecified atom stereocenters. The van der Waals surface area contributed by atoms with Crippen LogP contribution in [-0.2, 0) is 4.74 Å². The van der Waals surface area contributed by atoms with Crippen molar-refractivity contribution < 1.29 is 4.74 Å². The van der Waals surface area contributed by atoms with Crippen LogP contribution in [0, 0.1) is 10.9 Å². The number of anilines is 4. The monoisotopic (exact) mass is 434 g/mol. The molecule has 10 heteroatoms. The maximum absolute atomic E-state index is 7.26. The molecule has 1 saturated heterocycles. The maximum atomic E-state index is 7.26. The fraction of sp³-hybridized carbons (Fsp3) is 0.190. The van der Waals surface area contributed by atoms with E-state index in [1.807, 2.05) is 42.5 Å². The number of morpholine rings is 1. The zero-order valence-corrected chi connectivity index (χ0v) is 17.5. The number of rotatable bonds is 8. The molecule has 31 heavy (non-hydrogen) atoms. The van der Waals surface area contributed by atoms with Crippen LogP contribution in [0.2, 0.25) is 0 Å². The molecule has 3 N–H and O–H groups in total. The summed E-state index contributed by atoms with van der Waals surface area (Å²) in [5.74, 6) is 0.531. The van der Waals surface area contributed by atoms with Crippen molar-refractivity contribution in [3.63, 3.8) is 0 Å². The van der Waals surface area contributed by atoms with Gasteiger partial charge in [0.2, 0.25) is 5.95 Å². The van der Waals surface area contributed by atoms with Gasteiger partial charge in [0.25, 0.3) is 0 Å². The lowest BCUT2D eigenvalue weighted by molar-refractivity contribution is 0.122. The van der Waals surface area contributed by atoms with Crippen LogP contribution in [0.5, 0.6) is 0 Å². The average Bonchev–Trinajstić information content (AvgIpc) is 2.82. The molecule has 0 spiro atoms. The summed E-state index contributed by atoms with van der Waals surface area (Å²) in [6.07, 6.45) is 2.72. The van der Waals surface area contributed by atoms with Gasteiger partial charge in [0.15, 0.2) is 0 Å². The first kappa shape index (κ1) is 20.8. The summed E-state index contributed by atoms with van der Waals surface area (Å²) in [5.41, 5.74) is 9.83. The van der Waals surface area contributed by atoms with Gasteiger partial charge in [-0.2, -0.15) is 5.53 Å². The average molecular weight is 435 g/mol. The van der Waals surface area contributed by atoms with E-state index >= 15 is 0 Å². The zero-order valence-electron chi connectivity index (χ0n) is 16.7. The molecule has 1 aliphatic rings. The van der Waals surface area contributed by atoms with Crippen molar-refractivity contribution in [2.24, 2.45) is 5.22 Å². The Labute approximate surface area is 184 Å². The molecule has 3 aromatic rings. The summed E-state index contributed by atoms with van der Waals surface area (Å²) in [6, 6.07) is 17.5. The first-order valence-electron chi connectivity index (χ1n) is 9.73. The van der Waals surface area contributed by atoms with Crippen molar-refractivity contribution in [1.29, 1.82) is 10.9 Å². The summed E-state index contributed by atoms with van der Waals surface area (Å²) in [5, 5.41) is 15.8. The molecule has 4 rings (SSSR count). The Morgan fingerprint density at radius 2 is 1.81 bits per heavy atom. The number of benzene rings is 2. The second-order valence-corrected chi connectivity index (χ2v) is 7.75. The van der Waals surface area contributed by atoms with Gasteiger partial charge < -0.3 is 15.0 Å². The van der Waals surface area contributed by atoms with Crippen molar-refractivity contribution in [3.05, 3.63) is 60.8 Å². The first-order valence-corrected chi connectivity index (χ1v) is 10.5. The second-order valence-electron chi connectivity index (χ2n) is 6.66. The minimum atomic E-state index is 0.531. The van der Waals surface area contributed by atoms with Gasteiger partial charge in [-0.25, -0.2) is 15.0 Å². The number of hydrogen-bond donors (Lipinski definition) is 3. The Morgan fingerprint density at radius 1 is 1.06 bits per heavy atom. The van der Waals surface area contributed by atoms with E-state index < -0.39 is 0 Å². The second kappa shape index (κ2) is 10.0. The molecule has 0 radical (unpaired) electrons. The van der Waals surface area contributed by atoms with Crippen molar-refractivity contribution in [3.8, 4) is 0 Å². The zero-order chi connectivity index (χ0) is 21.5. The minimum absolute atomic E-state index is 0.531. The Balaban J connectivity index is 1.40. The summed E-state index contributed by atoms with van der Waals surface area (Å²) < 4.78 is 5.41. The topological polar surface area (TPSA) is 114 Å². The Kier molecular flexibility index (Phi) is 6.70. The third-order valence-electron chi connectivity index (χ3n) is 4.68. The van der Waals surface area contributed by atoms with E-state index in [-0.39, 0.29) is 0 Å². The molecule has 0 aliphatic carbocycles. The standard InChI is InChI=1S/C21H22N8OS/c22-15-29(27-23)18-5-7-19(8-6-18)31-20-9-10-24-21(26-20)25-16-1-3-17(4-2-16)28-11-13-30-14-12-28/h1-10,15,22-23H,11-14H2,(H,24,25,26). The maximum Gasteiger partial charge on any atom is 0.228 e. The highest BCUT2D eigenvalue weighted by molar-refractivity contribution is 7.99. The Bertz CT molecular complexity index is 1010. The SMILES string of the molecule is N=CN(N=N)c1ccc(Sc2ccnc(Nc3ccc(N4CCOCC4)cc3)n2)cc1. The van der Waals surface area contributed by atoms with E-state index in [0.717, 1.165) is 48.3 Å². The van der Waals surface area contributed by atoms with E-state index in [1.54, 1.807) is 6.20 Å². The van der Waals surface area contributed by atoms with Crippen LogP contribution in [0.15, 0.2) is 75.9 Å². The van der Waals surface area contributed by atoms with Gasteiger partial charge in [0.05, 0.1) is 18.9 Å². The fourth-order valence-electron chi connectivity index (χ4n) is 3.11. The lowest BCUT2D eigenvalue weighted by Crippen LogP contribution is -2.36. The summed E-state index contributed by atoms with van der Waals surface area (Å²) in [7, 11) is 0. The van der Waals surface area contributed by atoms with Crippen LogP contribution in [0.4, 0.5) is 23.0 Å². The number of nitrogens with zero attached hydrogens (tertiary/aromatic N) is 5. The predicted molar refractivity (Wildman–Crippen MR) is 122 cm³/mol. The lowest BCUT2D eigenvalue weighted by atomic mass is 10.2. The molecule has 158 valence electrons. The van der Waals surface area contributed by atoms with Crippen LogP contribution in [0.25, 0.3) is 0 Å².